The lowest BCUT2D eigenvalue weighted by Gasteiger charge is -2.48. The van der Waals surface area contributed by atoms with Crippen molar-refractivity contribution in [1.29, 1.82) is 0 Å². The van der Waals surface area contributed by atoms with Gasteiger partial charge in [0.25, 0.3) is 0 Å². The molecule has 4 heteroatoms. The van der Waals surface area contributed by atoms with E-state index < -0.39 is 22.8 Å². The molecule has 0 spiro atoms. The Kier molecular flexibility index (Phi) is 9.90. The minimum atomic E-state index is -1.23. The predicted molar refractivity (Wildman–Crippen MR) is 107 cm³/mol. The first kappa shape index (κ1) is 24.9. The molecule has 0 aliphatic heterocycles. The lowest BCUT2D eigenvalue weighted by Crippen LogP contribution is -2.54. The van der Waals surface area contributed by atoms with Gasteiger partial charge >= 0.3 is 11.9 Å². The normalized spacial score (nSPS) is 16.9. The van der Waals surface area contributed by atoms with Crippen molar-refractivity contribution in [2.24, 2.45) is 34.5 Å². The molecule has 0 saturated carbocycles. The molecule has 0 amide bonds. The van der Waals surface area contributed by atoms with Gasteiger partial charge in [-0.1, -0.05) is 55.4 Å². The van der Waals surface area contributed by atoms with E-state index in [0.29, 0.717) is 37.5 Å². The van der Waals surface area contributed by atoms with E-state index in [4.69, 9.17) is 0 Å². The Morgan fingerprint density at radius 1 is 0.615 bits per heavy atom. The van der Waals surface area contributed by atoms with E-state index in [0.717, 1.165) is 12.8 Å². The van der Waals surface area contributed by atoms with Crippen molar-refractivity contribution in [3.05, 3.63) is 0 Å². The van der Waals surface area contributed by atoms with E-state index in [1.165, 1.54) is 0 Å². The van der Waals surface area contributed by atoms with Crippen molar-refractivity contribution in [2.75, 3.05) is 0 Å². The van der Waals surface area contributed by atoms with E-state index in [1.807, 2.05) is 27.7 Å². The van der Waals surface area contributed by atoms with E-state index in [-0.39, 0.29) is 11.8 Å². The van der Waals surface area contributed by atoms with Crippen LogP contribution in [-0.4, -0.2) is 22.2 Å². The average molecular weight is 371 g/mol. The quantitative estimate of drug-likeness (QED) is 0.411. The van der Waals surface area contributed by atoms with E-state index in [2.05, 4.69) is 27.7 Å². The molecule has 0 fully saturated rings. The highest BCUT2D eigenvalue weighted by atomic mass is 16.4. The fourth-order valence-electron chi connectivity index (χ4n) is 4.34. The summed E-state index contributed by atoms with van der Waals surface area (Å²) in [6.45, 7) is 16.3. The van der Waals surface area contributed by atoms with Gasteiger partial charge in [0.1, 0.15) is 0 Å². The Morgan fingerprint density at radius 2 is 0.885 bits per heavy atom. The van der Waals surface area contributed by atoms with Crippen LogP contribution in [0.5, 0.6) is 0 Å². The zero-order chi connectivity index (χ0) is 20.7. The molecule has 0 aliphatic carbocycles. The highest BCUT2D eigenvalue weighted by Gasteiger charge is 2.60. The van der Waals surface area contributed by atoms with Crippen molar-refractivity contribution in [2.45, 2.75) is 93.9 Å². The van der Waals surface area contributed by atoms with Crippen molar-refractivity contribution in [3.8, 4) is 0 Å². The fraction of sp³-hybridized carbons (Fsp3) is 0.909. The standard InChI is InChI=1S/C22H42O4/c1-15(2)9-11-21(19(23)24,13-17(5)6)22(20(25)26,14-18(7)8)12-10-16(3)4/h15-18H,9-14H2,1-8H3,(H,23,24)(H,25,26). The second-order valence-electron chi connectivity index (χ2n) is 9.84. The van der Waals surface area contributed by atoms with Crippen LogP contribution in [0, 0.1) is 34.5 Å². The largest absolute Gasteiger partial charge is 0.481 e. The Labute approximate surface area is 160 Å². The molecule has 4 nitrogen and oxygen atoms in total. The number of rotatable bonds is 13. The summed E-state index contributed by atoms with van der Waals surface area (Å²) in [6.07, 6.45) is 3.13. The molecule has 0 heterocycles. The van der Waals surface area contributed by atoms with Crippen LogP contribution in [0.1, 0.15) is 93.9 Å². The highest BCUT2D eigenvalue weighted by Crippen LogP contribution is 2.55. The molecule has 0 rings (SSSR count). The maximum atomic E-state index is 12.7. The van der Waals surface area contributed by atoms with E-state index in [9.17, 15) is 19.8 Å². The summed E-state index contributed by atoms with van der Waals surface area (Å²) in [5.41, 5.74) is -2.45. The molecule has 2 unspecified atom stereocenters. The monoisotopic (exact) mass is 370 g/mol. The lowest BCUT2D eigenvalue weighted by molar-refractivity contribution is -0.181. The van der Waals surface area contributed by atoms with Gasteiger partial charge in [-0.15, -0.1) is 0 Å². The van der Waals surface area contributed by atoms with Gasteiger partial charge in [-0.2, -0.15) is 0 Å². The summed E-state index contributed by atoms with van der Waals surface area (Å²) in [7, 11) is 0. The van der Waals surface area contributed by atoms with Crippen LogP contribution in [0.25, 0.3) is 0 Å². The molecule has 0 radical (unpaired) electrons. The zero-order valence-electron chi connectivity index (χ0n) is 18.3. The number of hydrogen-bond acceptors (Lipinski definition) is 2. The second kappa shape index (κ2) is 10.3. The van der Waals surface area contributed by atoms with Gasteiger partial charge in [0, 0.05) is 0 Å². The van der Waals surface area contributed by atoms with Gasteiger partial charge in [-0.25, -0.2) is 0 Å². The van der Waals surface area contributed by atoms with Crippen molar-refractivity contribution < 1.29 is 19.8 Å². The predicted octanol–water partition coefficient (Wildman–Crippen LogP) is 6.09. The molecular weight excluding hydrogens is 328 g/mol. The summed E-state index contributed by atoms with van der Waals surface area (Å²) in [4.78, 5) is 25.4. The van der Waals surface area contributed by atoms with Gasteiger partial charge in [-0.3, -0.25) is 9.59 Å². The van der Waals surface area contributed by atoms with Gasteiger partial charge < -0.3 is 10.2 Å². The Hall–Kier alpha value is -1.06. The number of carboxylic acids is 2. The van der Waals surface area contributed by atoms with Crippen LogP contribution >= 0.6 is 0 Å². The zero-order valence-corrected chi connectivity index (χ0v) is 18.3. The van der Waals surface area contributed by atoms with Crippen LogP contribution in [0.15, 0.2) is 0 Å². The van der Waals surface area contributed by atoms with Crippen LogP contribution in [-0.2, 0) is 9.59 Å². The molecule has 0 aromatic rings. The highest BCUT2D eigenvalue weighted by molar-refractivity contribution is 5.86. The summed E-state index contributed by atoms with van der Waals surface area (Å²) in [6, 6.07) is 0. The number of carbonyl (C=O) groups is 2. The van der Waals surface area contributed by atoms with Crippen LogP contribution < -0.4 is 0 Å². The van der Waals surface area contributed by atoms with Crippen LogP contribution in [0.3, 0.4) is 0 Å². The molecule has 0 bridgehead atoms. The molecule has 0 aromatic heterocycles. The van der Waals surface area contributed by atoms with E-state index >= 15 is 0 Å². The van der Waals surface area contributed by atoms with E-state index in [1.54, 1.807) is 0 Å². The third-order valence-electron chi connectivity index (χ3n) is 5.55. The second-order valence-corrected chi connectivity index (χ2v) is 9.84. The molecule has 0 aliphatic rings. The SMILES string of the molecule is CC(C)CCC(CC(C)C)(C(=O)O)C(CCC(C)C)(CC(C)C)C(=O)O. The molecule has 2 atom stereocenters. The van der Waals surface area contributed by atoms with Crippen LogP contribution in [0.4, 0.5) is 0 Å². The molecular formula is C22H42O4. The molecule has 0 aromatic carbocycles. The smallest absolute Gasteiger partial charge is 0.310 e. The van der Waals surface area contributed by atoms with Crippen molar-refractivity contribution >= 4 is 11.9 Å². The minimum Gasteiger partial charge on any atom is -0.481 e. The first-order chi connectivity index (χ1) is 11.8. The van der Waals surface area contributed by atoms with Gasteiger partial charge in [-0.05, 0) is 62.2 Å². The van der Waals surface area contributed by atoms with Crippen molar-refractivity contribution in [3.63, 3.8) is 0 Å². The first-order valence-electron chi connectivity index (χ1n) is 10.3. The summed E-state index contributed by atoms with van der Waals surface area (Å²) < 4.78 is 0. The Morgan fingerprint density at radius 3 is 1.04 bits per heavy atom. The maximum absolute atomic E-state index is 12.7. The summed E-state index contributed by atoms with van der Waals surface area (Å²) in [5, 5.41) is 20.8. The molecule has 154 valence electrons. The molecule has 26 heavy (non-hydrogen) atoms. The summed E-state index contributed by atoms with van der Waals surface area (Å²) in [5.74, 6) is -0.920. The van der Waals surface area contributed by atoms with Crippen molar-refractivity contribution in [1.82, 2.24) is 0 Å². The lowest BCUT2D eigenvalue weighted by atomic mass is 9.53. The number of aliphatic carboxylic acids is 2. The van der Waals surface area contributed by atoms with Crippen LogP contribution in [0.2, 0.25) is 0 Å². The van der Waals surface area contributed by atoms with Gasteiger partial charge in [0.15, 0.2) is 0 Å². The maximum Gasteiger partial charge on any atom is 0.310 e. The Balaban J connectivity index is 6.48. The third kappa shape index (κ3) is 6.28. The van der Waals surface area contributed by atoms with Gasteiger partial charge in [0.05, 0.1) is 10.8 Å². The molecule has 2 N–H and O–H groups in total. The number of hydrogen-bond donors (Lipinski definition) is 2. The number of carboxylic acid groups (broad SMARTS) is 2. The minimum absolute atomic E-state index is 0.128. The summed E-state index contributed by atoms with van der Waals surface area (Å²) >= 11 is 0. The van der Waals surface area contributed by atoms with Gasteiger partial charge in [0.2, 0.25) is 0 Å². The molecule has 0 saturated heterocycles. The third-order valence-corrected chi connectivity index (χ3v) is 5.55. The topological polar surface area (TPSA) is 74.6 Å². The Bertz CT molecular complexity index is 411. The average Bonchev–Trinajstić information content (AvgIpc) is 2.46. The first-order valence-corrected chi connectivity index (χ1v) is 10.3. The fourth-order valence-corrected chi connectivity index (χ4v) is 4.34.